The quantitative estimate of drug-likeness (QED) is 0.654. The molecule has 2 aromatic carbocycles. The first-order valence-corrected chi connectivity index (χ1v) is 10.2. The van der Waals surface area contributed by atoms with Crippen LogP contribution in [0.5, 0.6) is 0 Å². The lowest BCUT2D eigenvalue weighted by molar-refractivity contribution is 0.321. The van der Waals surface area contributed by atoms with E-state index in [1.165, 1.54) is 11.1 Å². The molecule has 1 aliphatic rings. The maximum Gasteiger partial charge on any atom is 0.101 e. The van der Waals surface area contributed by atoms with Gasteiger partial charge in [0.25, 0.3) is 0 Å². The molecule has 0 aliphatic carbocycles. The highest BCUT2D eigenvalue weighted by molar-refractivity contribution is 6.32. The second-order valence-electron chi connectivity index (χ2n) is 7.57. The zero-order valence-corrected chi connectivity index (χ0v) is 17.2. The predicted octanol–water partition coefficient (Wildman–Crippen LogP) is 4.52. The van der Waals surface area contributed by atoms with E-state index >= 15 is 0 Å². The standard InChI is InChI=1S/C23H24ClN5/c1-17-4-2-3-5-19(17)13-29(21-7-6-18(11-25)23(24)10-21)22-8-9-28(15-22)14-20-12-26-16-27-20/h2-7,10,12,16,22H,8-9,13-15H2,1H3,(H,26,27)/t22-/m0/s1. The Kier molecular flexibility index (Phi) is 5.84. The number of nitrogens with one attached hydrogen (secondary N) is 1. The molecule has 0 bridgehead atoms. The second kappa shape index (κ2) is 8.69. The molecule has 5 nitrogen and oxygen atoms in total. The van der Waals surface area contributed by atoms with E-state index in [-0.39, 0.29) is 0 Å². The first-order chi connectivity index (χ1) is 14.1. The summed E-state index contributed by atoms with van der Waals surface area (Å²) in [4.78, 5) is 12.3. The number of likely N-dealkylation sites (tertiary alicyclic amines) is 1. The minimum Gasteiger partial charge on any atom is -0.363 e. The van der Waals surface area contributed by atoms with Crippen molar-refractivity contribution in [1.82, 2.24) is 14.9 Å². The van der Waals surface area contributed by atoms with Crippen LogP contribution in [0.15, 0.2) is 55.0 Å². The summed E-state index contributed by atoms with van der Waals surface area (Å²) in [5.74, 6) is 0. The average molecular weight is 406 g/mol. The van der Waals surface area contributed by atoms with E-state index in [0.717, 1.165) is 44.0 Å². The predicted molar refractivity (Wildman–Crippen MR) is 116 cm³/mol. The molecule has 1 saturated heterocycles. The fourth-order valence-electron chi connectivity index (χ4n) is 3.99. The van der Waals surface area contributed by atoms with Crippen LogP contribution in [0, 0.1) is 18.3 Å². The Balaban J connectivity index is 1.59. The van der Waals surface area contributed by atoms with E-state index in [4.69, 9.17) is 11.6 Å². The van der Waals surface area contributed by atoms with Gasteiger partial charge in [0.2, 0.25) is 0 Å². The van der Waals surface area contributed by atoms with E-state index < -0.39 is 0 Å². The zero-order chi connectivity index (χ0) is 20.2. The molecule has 4 rings (SSSR count). The van der Waals surface area contributed by atoms with Gasteiger partial charge in [-0.1, -0.05) is 35.9 Å². The van der Waals surface area contributed by atoms with Crippen molar-refractivity contribution in [2.45, 2.75) is 32.5 Å². The summed E-state index contributed by atoms with van der Waals surface area (Å²) in [6.07, 6.45) is 4.76. The van der Waals surface area contributed by atoms with Crippen molar-refractivity contribution < 1.29 is 0 Å². The van der Waals surface area contributed by atoms with Crippen molar-refractivity contribution in [3.8, 4) is 6.07 Å². The SMILES string of the molecule is Cc1ccccc1CN(c1ccc(C#N)c(Cl)c1)[C@H]1CCN(Cc2c[nH]cn2)C1. The number of anilines is 1. The molecule has 0 unspecified atom stereocenters. The van der Waals surface area contributed by atoms with Crippen molar-refractivity contribution in [3.05, 3.63) is 82.4 Å². The Labute approximate surface area is 176 Å². The molecular formula is C23H24ClN5. The van der Waals surface area contributed by atoms with Crippen LogP contribution in [0.3, 0.4) is 0 Å². The summed E-state index contributed by atoms with van der Waals surface area (Å²) < 4.78 is 0. The van der Waals surface area contributed by atoms with Crippen molar-refractivity contribution in [3.63, 3.8) is 0 Å². The normalized spacial score (nSPS) is 16.7. The molecule has 1 aliphatic heterocycles. The topological polar surface area (TPSA) is 59.0 Å². The van der Waals surface area contributed by atoms with E-state index in [0.29, 0.717) is 16.6 Å². The highest BCUT2D eigenvalue weighted by Gasteiger charge is 2.29. The van der Waals surface area contributed by atoms with Crippen LogP contribution in [0.1, 0.15) is 28.8 Å². The Morgan fingerprint density at radius 2 is 2.17 bits per heavy atom. The molecule has 2 heterocycles. The number of aromatic amines is 1. The van der Waals surface area contributed by atoms with Gasteiger partial charge in [-0.25, -0.2) is 4.98 Å². The van der Waals surface area contributed by atoms with Crippen LogP contribution in [-0.2, 0) is 13.1 Å². The summed E-state index contributed by atoms with van der Waals surface area (Å²) in [5, 5.41) is 9.73. The molecule has 29 heavy (non-hydrogen) atoms. The monoisotopic (exact) mass is 405 g/mol. The maximum absolute atomic E-state index is 9.22. The molecule has 1 N–H and O–H groups in total. The molecule has 1 aromatic heterocycles. The van der Waals surface area contributed by atoms with Gasteiger partial charge in [0.1, 0.15) is 6.07 Å². The van der Waals surface area contributed by atoms with Crippen LogP contribution in [0.2, 0.25) is 5.02 Å². The van der Waals surface area contributed by atoms with Crippen molar-refractivity contribution in [1.29, 1.82) is 5.26 Å². The number of aromatic nitrogens is 2. The number of nitriles is 1. The van der Waals surface area contributed by atoms with E-state index in [1.807, 2.05) is 24.4 Å². The summed E-state index contributed by atoms with van der Waals surface area (Å²) in [6, 6.07) is 16.8. The summed E-state index contributed by atoms with van der Waals surface area (Å²) in [6.45, 7) is 5.82. The smallest absolute Gasteiger partial charge is 0.101 e. The van der Waals surface area contributed by atoms with Gasteiger partial charge in [0.15, 0.2) is 0 Å². The zero-order valence-electron chi connectivity index (χ0n) is 16.5. The number of aryl methyl sites for hydroxylation is 1. The van der Waals surface area contributed by atoms with Crippen LogP contribution in [0.25, 0.3) is 0 Å². The summed E-state index contributed by atoms with van der Waals surface area (Å²) in [5.41, 5.74) is 5.22. The fourth-order valence-corrected chi connectivity index (χ4v) is 4.21. The summed E-state index contributed by atoms with van der Waals surface area (Å²) in [7, 11) is 0. The van der Waals surface area contributed by atoms with Crippen LogP contribution < -0.4 is 4.90 Å². The minimum absolute atomic E-state index is 0.373. The Morgan fingerprint density at radius 3 is 2.90 bits per heavy atom. The number of rotatable bonds is 6. The third kappa shape index (κ3) is 4.45. The van der Waals surface area contributed by atoms with E-state index in [9.17, 15) is 5.26 Å². The molecule has 0 radical (unpaired) electrons. The molecule has 0 saturated carbocycles. The Bertz CT molecular complexity index is 1010. The molecule has 6 heteroatoms. The summed E-state index contributed by atoms with van der Waals surface area (Å²) >= 11 is 6.37. The first-order valence-electron chi connectivity index (χ1n) is 9.85. The lowest BCUT2D eigenvalue weighted by Gasteiger charge is -2.32. The average Bonchev–Trinajstić information content (AvgIpc) is 3.40. The Hall–Kier alpha value is -2.81. The number of H-pyrrole nitrogens is 1. The van der Waals surface area contributed by atoms with Gasteiger partial charge < -0.3 is 9.88 Å². The highest BCUT2D eigenvalue weighted by Crippen LogP contribution is 2.30. The first kappa shape index (κ1) is 19.5. The maximum atomic E-state index is 9.22. The Morgan fingerprint density at radius 1 is 1.31 bits per heavy atom. The number of hydrogen-bond donors (Lipinski definition) is 1. The van der Waals surface area contributed by atoms with Crippen molar-refractivity contribution in [2.24, 2.45) is 0 Å². The van der Waals surface area contributed by atoms with Gasteiger partial charge in [-0.05, 0) is 42.7 Å². The van der Waals surface area contributed by atoms with Gasteiger partial charge in [-0.2, -0.15) is 5.26 Å². The van der Waals surface area contributed by atoms with Crippen molar-refractivity contribution in [2.75, 3.05) is 18.0 Å². The van der Waals surface area contributed by atoms with Gasteiger partial charge in [0.05, 0.1) is 22.6 Å². The van der Waals surface area contributed by atoms with E-state index in [1.54, 1.807) is 6.33 Å². The molecular weight excluding hydrogens is 382 g/mol. The second-order valence-corrected chi connectivity index (χ2v) is 7.98. The number of nitrogens with zero attached hydrogens (tertiary/aromatic N) is 4. The number of hydrogen-bond acceptors (Lipinski definition) is 4. The number of benzene rings is 2. The van der Waals surface area contributed by atoms with Crippen LogP contribution in [0.4, 0.5) is 5.69 Å². The molecule has 3 aromatic rings. The largest absolute Gasteiger partial charge is 0.363 e. The molecule has 1 atom stereocenters. The van der Waals surface area contributed by atoms with Crippen LogP contribution in [-0.4, -0.2) is 34.0 Å². The number of imidazole rings is 1. The molecule has 1 fully saturated rings. The van der Waals surface area contributed by atoms with Gasteiger partial charge in [0, 0.05) is 44.1 Å². The van der Waals surface area contributed by atoms with Gasteiger partial charge in [-0.15, -0.1) is 0 Å². The minimum atomic E-state index is 0.373. The van der Waals surface area contributed by atoms with E-state index in [2.05, 4.69) is 57.0 Å². The third-order valence-corrected chi connectivity index (χ3v) is 5.95. The van der Waals surface area contributed by atoms with Crippen LogP contribution >= 0.6 is 11.6 Å². The molecule has 148 valence electrons. The highest BCUT2D eigenvalue weighted by atomic mass is 35.5. The van der Waals surface area contributed by atoms with Gasteiger partial charge in [-0.3, -0.25) is 4.90 Å². The lowest BCUT2D eigenvalue weighted by Crippen LogP contribution is -2.37. The third-order valence-electron chi connectivity index (χ3n) is 5.64. The molecule has 0 spiro atoms. The lowest BCUT2D eigenvalue weighted by atomic mass is 10.1. The van der Waals surface area contributed by atoms with Crippen molar-refractivity contribution >= 4 is 17.3 Å². The number of halogens is 1. The van der Waals surface area contributed by atoms with Gasteiger partial charge >= 0.3 is 0 Å². The fraction of sp³-hybridized carbons (Fsp3) is 0.304. The molecule has 0 amide bonds.